The van der Waals surface area contributed by atoms with E-state index in [-0.39, 0.29) is 18.7 Å². The van der Waals surface area contributed by atoms with Gasteiger partial charge in [0.1, 0.15) is 0 Å². The van der Waals surface area contributed by atoms with Gasteiger partial charge in [-0.05, 0) is 51.8 Å². The zero-order chi connectivity index (χ0) is 19.7. The monoisotopic (exact) mass is 361 g/mol. The van der Waals surface area contributed by atoms with Gasteiger partial charge in [0.15, 0.2) is 0 Å². The van der Waals surface area contributed by atoms with Gasteiger partial charge < -0.3 is 10.1 Å². The zero-order valence-corrected chi connectivity index (χ0v) is 16.0. The maximum Gasteiger partial charge on any atom is 0.314 e. The van der Waals surface area contributed by atoms with E-state index < -0.39 is 17.8 Å². The van der Waals surface area contributed by atoms with Crippen LogP contribution in [0.15, 0.2) is 23.3 Å². The molecular formula is C19H27N3O4. The lowest BCUT2D eigenvalue weighted by Gasteiger charge is -2.10. The molecule has 0 fully saturated rings. The summed E-state index contributed by atoms with van der Waals surface area (Å²) in [4.78, 5) is 35.4. The number of carbonyl (C=O) groups excluding carboxylic acids is 3. The van der Waals surface area contributed by atoms with Gasteiger partial charge in [-0.1, -0.05) is 12.1 Å². The second-order valence-electron chi connectivity index (χ2n) is 6.13. The summed E-state index contributed by atoms with van der Waals surface area (Å²) in [5.41, 5.74) is 5.55. The van der Waals surface area contributed by atoms with E-state index >= 15 is 0 Å². The molecular weight excluding hydrogens is 334 g/mol. The molecule has 1 aromatic rings. The Morgan fingerprint density at radius 1 is 1.15 bits per heavy atom. The summed E-state index contributed by atoms with van der Waals surface area (Å²) >= 11 is 0. The average molecular weight is 361 g/mol. The molecule has 0 aliphatic rings. The van der Waals surface area contributed by atoms with Gasteiger partial charge in [0.05, 0.1) is 12.5 Å². The van der Waals surface area contributed by atoms with Gasteiger partial charge in [0, 0.05) is 24.2 Å². The first-order valence-electron chi connectivity index (χ1n) is 8.61. The molecule has 0 aromatic heterocycles. The Bertz CT molecular complexity index is 698. The number of carbonyl (C=O) groups is 3. The number of nitrogens with one attached hydrogen (secondary N) is 2. The van der Waals surface area contributed by atoms with E-state index in [9.17, 15) is 14.4 Å². The number of ether oxygens (including phenoxy) is 1. The molecule has 2 amide bonds. The molecule has 7 nitrogen and oxygen atoms in total. The van der Waals surface area contributed by atoms with Crippen LogP contribution >= 0.6 is 0 Å². The predicted molar refractivity (Wildman–Crippen MR) is 101 cm³/mol. The van der Waals surface area contributed by atoms with Crippen LogP contribution in [0.4, 0.5) is 5.69 Å². The molecule has 0 saturated carbocycles. The van der Waals surface area contributed by atoms with Crippen LogP contribution in [-0.2, 0) is 19.1 Å². The van der Waals surface area contributed by atoms with Gasteiger partial charge in [-0.25, -0.2) is 5.43 Å². The number of rotatable bonds is 8. The number of anilines is 1. The molecule has 0 spiro atoms. The Morgan fingerprint density at radius 2 is 1.81 bits per heavy atom. The van der Waals surface area contributed by atoms with Crippen molar-refractivity contribution in [2.75, 3.05) is 11.9 Å². The van der Waals surface area contributed by atoms with Crippen LogP contribution in [0, 0.1) is 19.8 Å². The lowest BCUT2D eigenvalue weighted by molar-refractivity contribution is -0.145. The van der Waals surface area contributed by atoms with E-state index in [0.29, 0.717) is 12.3 Å². The fourth-order valence-corrected chi connectivity index (χ4v) is 2.05. The van der Waals surface area contributed by atoms with Crippen LogP contribution in [0.25, 0.3) is 0 Å². The van der Waals surface area contributed by atoms with Crippen molar-refractivity contribution in [1.82, 2.24) is 5.43 Å². The second-order valence-corrected chi connectivity index (χ2v) is 6.13. The highest BCUT2D eigenvalue weighted by Crippen LogP contribution is 2.16. The van der Waals surface area contributed by atoms with Crippen LogP contribution in [0.3, 0.4) is 0 Å². The molecule has 7 heteroatoms. The molecule has 0 unspecified atom stereocenters. The molecule has 0 heterocycles. The van der Waals surface area contributed by atoms with Crippen LogP contribution in [0.2, 0.25) is 0 Å². The number of aryl methyl sites for hydroxylation is 2. The lowest BCUT2D eigenvalue weighted by atomic mass is 10.1. The van der Waals surface area contributed by atoms with Gasteiger partial charge in [0.2, 0.25) is 11.8 Å². The Kier molecular flexibility index (Phi) is 8.48. The second kappa shape index (κ2) is 10.3. The minimum Gasteiger partial charge on any atom is -0.465 e. The minimum absolute atomic E-state index is 0.00125. The van der Waals surface area contributed by atoms with E-state index in [0.717, 1.165) is 16.8 Å². The molecule has 0 saturated heterocycles. The van der Waals surface area contributed by atoms with E-state index in [1.54, 1.807) is 20.8 Å². The van der Waals surface area contributed by atoms with Crippen molar-refractivity contribution in [1.29, 1.82) is 0 Å². The number of nitrogens with zero attached hydrogens (tertiary/aromatic N) is 1. The van der Waals surface area contributed by atoms with Gasteiger partial charge in [-0.3, -0.25) is 14.4 Å². The summed E-state index contributed by atoms with van der Waals surface area (Å²) in [7, 11) is 0. The molecule has 1 rings (SSSR count). The highest BCUT2D eigenvalue weighted by molar-refractivity contribution is 6.01. The van der Waals surface area contributed by atoms with Crippen molar-refractivity contribution < 1.29 is 19.1 Å². The Labute approximate surface area is 154 Å². The Balaban J connectivity index is 2.46. The zero-order valence-electron chi connectivity index (χ0n) is 16.0. The minimum atomic E-state index is -0.539. The third-order valence-corrected chi connectivity index (χ3v) is 3.87. The number of benzene rings is 1. The largest absolute Gasteiger partial charge is 0.465 e. The third kappa shape index (κ3) is 7.04. The third-order valence-electron chi connectivity index (χ3n) is 3.87. The molecule has 26 heavy (non-hydrogen) atoms. The van der Waals surface area contributed by atoms with Crippen molar-refractivity contribution in [2.45, 2.75) is 47.5 Å². The molecule has 0 aliphatic heterocycles. The van der Waals surface area contributed by atoms with Crippen LogP contribution < -0.4 is 10.7 Å². The maximum atomic E-state index is 12.0. The molecule has 142 valence electrons. The fourth-order valence-electron chi connectivity index (χ4n) is 2.05. The molecule has 0 aliphatic carbocycles. The van der Waals surface area contributed by atoms with Crippen LogP contribution in [0.1, 0.15) is 44.7 Å². The smallest absolute Gasteiger partial charge is 0.314 e. The first-order chi connectivity index (χ1) is 12.2. The van der Waals surface area contributed by atoms with Crippen molar-refractivity contribution >= 4 is 29.2 Å². The highest BCUT2D eigenvalue weighted by atomic mass is 16.5. The Hall–Kier alpha value is -2.70. The fraction of sp³-hybridized carbons (Fsp3) is 0.474. The molecule has 0 radical (unpaired) electrons. The van der Waals surface area contributed by atoms with Crippen molar-refractivity contribution in [3.8, 4) is 0 Å². The Morgan fingerprint density at radius 3 is 2.46 bits per heavy atom. The number of hydrogen-bond acceptors (Lipinski definition) is 5. The highest BCUT2D eigenvalue weighted by Gasteiger charge is 2.17. The van der Waals surface area contributed by atoms with E-state index in [1.165, 1.54) is 0 Å². The van der Waals surface area contributed by atoms with Crippen molar-refractivity contribution in [2.24, 2.45) is 11.0 Å². The topological polar surface area (TPSA) is 96.9 Å². The first-order valence-corrected chi connectivity index (χ1v) is 8.61. The van der Waals surface area contributed by atoms with Crippen LogP contribution in [0.5, 0.6) is 0 Å². The first kappa shape index (κ1) is 21.3. The standard InChI is InChI=1S/C19H27N3O4/c1-6-26-19(25)14(4)15(5)21-22-18(24)10-9-17(23)20-16-11-12(2)7-8-13(16)3/h7-8,11,14H,6,9-10H2,1-5H3,(H,20,23)(H,22,24)/t14-/m1/s1. The van der Waals surface area contributed by atoms with Gasteiger partial charge in [-0.15, -0.1) is 0 Å². The maximum absolute atomic E-state index is 12.0. The molecule has 0 bridgehead atoms. The lowest BCUT2D eigenvalue weighted by Crippen LogP contribution is -2.26. The summed E-state index contributed by atoms with van der Waals surface area (Å²) in [5.74, 6) is -1.57. The quantitative estimate of drug-likeness (QED) is 0.423. The predicted octanol–water partition coefficient (Wildman–Crippen LogP) is 2.71. The van der Waals surface area contributed by atoms with E-state index in [1.807, 2.05) is 32.0 Å². The van der Waals surface area contributed by atoms with Crippen molar-refractivity contribution in [3.63, 3.8) is 0 Å². The van der Waals surface area contributed by atoms with E-state index in [2.05, 4.69) is 15.8 Å². The van der Waals surface area contributed by atoms with Crippen LogP contribution in [-0.4, -0.2) is 30.1 Å². The normalized spacial score (nSPS) is 12.3. The number of hydrogen-bond donors (Lipinski definition) is 2. The number of hydrazone groups is 1. The van der Waals surface area contributed by atoms with Crippen molar-refractivity contribution in [3.05, 3.63) is 29.3 Å². The van der Waals surface area contributed by atoms with E-state index in [4.69, 9.17) is 4.74 Å². The molecule has 1 atom stereocenters. The summed E-state index contributed by atoms with van der Waals surface area (Å²) in [6.45, 7) is 9.15. The summed E-state index contributed by atoms with van der Waals surface area (Å²) in [5, 5.41) is 6.70. The van der Waals surface area contributed by atoms with Gasteiger partial charge in [0.25, 0.3) is 0 Å². The summed E-state index contributed by atoms with van der Waals surface area (Å²) in [6.07, 6.45) is 0.0441. The average Bonchev–Trinajstić information content (AvgIpc) is 2.60. The summed E-state index contributed by atoms with van der Waals surface area (Å²) < 4.78 is 4.90. The SMILES string of the molecule is CCOC(=O)[C@H](C)C(C)=NNC(=O)CCC(=O)Nc1cc(C)ccc1C. The van der Waals surface area contributed by atoms with Gasteiger partial charge >= 0.3 is 5.97 Å². The number of esters is 1. The summed E-state index contributed by atoms with van der Waals surface area (Å²) in [6, 6.07) is 5.79. The molecule has 1 aromatic carbocycles. The number of amides is 2. The van der Waals surface area contributed by atoms with Gasteiger partial charge in [-0.2, -0.15) is 5.10 Å². The molecule has 2 N–H and O–H groups in total.